The van der Waals surface area contributed by atoms with Crippen molar-refractivity contribution < 1.29 is 8.42 Å². The minimum absolute atomic E-state index is 0.0200. The highest BCUT2D eigenvalue weighted by Gasteiger charge is 2.39. The lowest BCUT2D eigenvalue weighted by atomic mass is 9.84. The average molecular weight is 325 g/mol. The molecule has 3 heterocycles. The van der Waals surface area contributed by atoms with Crippen molar-refractivity contribution in [2.24, 2.45) is 5.92 Å². The smallest absolute Gasteiger partial charge is 0.281 e. The highest BCUT2D eigenvalue weighted by molar-refractivity contribution is 7.86. The summed E-state index contributed by atoms with van der Waals surface area (Å²) < 4.78 is 30.2. The highest BCUT2D eigenvalue weighted by atomic mass is 32.2. The second-order valence-corrected chi connectivity index (χ2v) is 8.38. The zero-order valence-corrected chi connectivity index (χ0v) is 13.9. The number of pyridine rings is 1. The number of rotatable bonds is 4. The minimum atomic E-state index is -3.40. The third kappa shape index (κ3) is 2.61. The summed E-state index contributed by atoms with van der Waals surface area (Å²) in [6.45, 7) is 4.10. The number of aromatic nitrogens is 1. The topological polar surface area (TPSA) is 62.6 Å². The molecule has 2 bridgehead atoms. The van der Waals surface area contributed by atoms with Crippen LogP contribution in [0.15, 0.2) is 23.0 Å². The summed E-state index contributed by atoms with van der Waals surface area (Å²) in [6.07, 6.45) is 1.77. The molecule has 0 aromatic carbocycles. The van der Waals surface area contributed by atoms with Gasteiger partial charge in [-0.15, -0.1) is 0 Å². The Morgan fingerprint density at radius 1 is 1.27 bits per heavy atom. The molecule has 0 unspecified atom stereocenters. The standard InChI is InChI=1S/C15H23N3O3S/c1-3-7-16(2)22(20,21)17-9-12-8-13(11-17)14-5-4-6-15(19)18(14)10-12/h4-6,12-13H,3,7-11H2,1-2H3/t12-,13+/m0/s1. The van der Waals surface area contributed by atoms with Crippen LogP contribution in [0.25, 0.3) is 0 Å². The van der Waals surface area contributed by atoms with Crippen LogP contribution in [0.4, 0.5) is 0 Å². The zero-order valence-electron chi connectivity index (χ0n) is 13.1. The molecule has 2 atom stereocenters. The van der Waals surface area contributed by atoms with Crippen LogP contribution in [0.2, 0.25) is 0 Å². The number of fused-ring (bicyclic) bond motifs is 4. The molecular formula is C15H23N3O3S. The van der Waals surface area contributed by atoms with Crippen molar-refractivity contribution in [3.63, 3.8) is 0 Å². The van der Waals surface area contributed by atoms with Crippen molar-refractivity contribution in [1.82, 2.24) is 13.2 Å². The Morgan fingerprint density at radius 3 is 2.77 bits per heavy atom. The molecule has 22 heavy (non-hydrogen) atoms. The first-order valence-corrected chi connectivity index (χ1v) is 9.24. The number of piperidine rings is 1. The molecule has 1 saturated heterocycles. The van der Waals surface area contributed by atoms with Gasteiger partial charge in [0.2, 0.25) is 0 Å². The first kappa shape index (κ1) is 15.7. The van der Waals surface area contributed by atoms with E-state index in [0.29, 0.717) is 26.2 Å². The van der Waals surface area contributed by atoms with Crippen LogP contribution in [0.1, 0.15) is 31.4 Å². The first-order valence-electron chi connectivity index (χ1n) is 7.84. The molecule has 0 saturated carbocycles. The maximum Gasteiger partial charge on any atom is 0.281 e. The lowest BCUT2D eigenvalue weighted by molar-refractivity contribution is 0.179. The monoisotopic (exact) mass is 325 g/mol. The van der Waals surface area contributed by atoms with E-state index in [2.05, 4.69) is 0 Å². The van der Waals surface area contributed by atoms with Crippen molar-refractivity contribution in [2.45, 2.75) is 32.2 Å². The van der Waals surface area contributed by atoms with Crippen LogP contribution in [0, 0.1) is 5.92 Å². The fourth-order valence-electron chi connectivity index (χ4n) is 3.67. The lowest BCUT2D eigenvalue weighted by Crippen LogP contribution is -2.52. The Balaban J connectivity index is 1.89. The van der Waals surface area contributed by atoms with E-state index in [4.69, 9.17) is 0 Å². The van der Waals surface area contributed by atoms with E-state index < -0.39 is 10.2 Å². The van der Waals surface area contributed by atoms with Gasteiger partial charge in [0.25, 0.3) is 15.8 Å². The molecule has 0 aliphatic carbocycles. The number of nitrogens with zero attached hydrogens (tertiary/aromatic N) is 3. The van der Waals surface area contributed by atoms with Crippen LogP contribution >= 0.6 is 0 Å². The lowest BCUT2D eigenvalue weighted by Gasteiger charge is -2.42. The Kier molecular flexibility index (Phi) is 4.13. The van der Waals surface area contributed by atoms with Gasteiger partial charge in [0, 0.05) is 50.9 Å². The second kappa shape index (κ2) is 5.79. The van der Waals surface area contributed by atoms with Gasteiger partial charge in [-0.25, -0.2) is 0 Å². The Labute approximate surface area is 131 Å². The van der Waals surface area contributed by atoms with Crippen molar-refractivity contribution in [2.75, 3.05) is 26.7 Å². The molecule has 0 amide bonds. The van der Waals surface area contributed by atoms with Gasteiger partial charge in [-0.2, -0.15) is 17.0 Å². The van der Waals surface area contributed by atoms with Crippen LogP contribution < -0.4 is 5.56 Å². The fourth-order valence-corrected chi connectivity index (χ4v) is 5.24. The normalized spacial score (nSPS) is 25.2. The summed E-state index contributed by atoms with van der Waals surface area (Å²) in [7, 11) is -1.76. The van der Waals surface area contributed by atoms with Crippen LogP contribution in [0.5, 0.6) is 0 Å². The van der Waals surface area contributed by atoms with E-state index in [9.17, 15) is 13.2 Å². The first-order chi connectivity index (χ1) is 10.4. The van der Waals surface area contributed by atoms with Crippen LogP contribution in [-0.2, 0) is 16.8 Å². The Hall–Kier alpha value is -1.18. The quantitative estimate of drug-likeness (QED) is 0.825. The van der Waals surface area contributed by atoms with E-state index >= 15 is 0 Å². The summed E-state index contributed by atoms with van der Waals surface area (Å²) in [4.78, 5) is 12.0. The summed E-state index contributed by atoms with van der Waals surface area (Å²) in [5, 5.41) is 0. The van der Waals surface area contributed by atoms with Crippen molar-refractivity contribution >= 4 is 10.2 Å². The molecule has 0 radical (unpaired) electrons. The van der Waals surface area contributed by atoms with E-state index in [1.54, 1.807) is 23.5 Å². The fraction of sp³-hybridized carbons (Fsp3) is 0.667. The summed E-state index contributed by atoms with van der Waals surface area (Å²) in [6, 6.07) is 5.30. The van der Waals surface area contributed by atoms with Gasteiger partial charge < -0.3 is 4.57 Å². The van der Waals surface area contributed by atoms with Gasteiger partial charge in [0.05, 0.1) is 0 Å². The molecule has 122 valence electrons. The molecule has 1 fully saturated rings. The van der Waals surface area contributed by atoms with Gasteiger partial charge in [-0.1, -0.05) is 13.0 Å². The molecule has 3 rings (SSSR count). The van der Waals surface area contributed by atoms with E-state index in [-0.39, 0.29) is 17.4 Å². The summed E-state index contributed by atoms with van der Waals surface area (Å²) in [5.74, 6) is 0.336. The second-order valence-electron chi connectivity index (χ2n) is 6.34. The minimum Gasteiger partial charge on any atom is -0.312 e. The Morgan fingerprint density at radius 2 is 2.05 bits per heavy atom. The third-order valence-electron chi connectivity index (χ3n) is 4.70. The van der Waals surface area contributed by atoms with Gasteiger partial charge in [0.15, 0.2) is 0 Å². The molecule has 1 aromatic heterocycles. The largest absolute Gasteiger partial charge is 0.312 e. The molecule has 0 N–H and O–H groups in total. The van der Waals surface area contributed by atoms with Crippen LogP contribution in [0.3, 0.4) is 0 Å². The van der Waals surface area contributed by atoms with E-state index in [0.717, 1.165) is 18.5 Å². The highest BCUT2D eigenvalue weighted by Crippen LogP contribution is 2.36. The molecule has 1 aromatic rings. The predicted octanol–water partition coefficient (Wildman–Crippen LogP) is 0.854. The SMILES string of the molecule is CCCN(C)S(=O)(=O)N1C[C@@H]2C[C@H](C1)c1cccc(=O)n1C2. The molecule has 6 nitrogen and oxygen atoms in total. The number of hydrogen-bond donors (Lipinski definition) is 0. The average Bonchev–Trinajstić information content (AvgIpc) is 2.48. The summed E-state index contributed by atoms with van der Waals surface area (Å²) >= 11 is 0. The molecule has 0 spiro atoms. The van der Waals surface area contributed by atoms with Crippen LogP contribution in [-0.4, -0.2) is 48.3 Å². The molecule has 2 aliphatic heterocycles. The number of hydrogen-bond acceptors (Lipinski definition) is 3. The van der Waals surface area contributed by atoms with Crippen molar-refractivity contribution in [1.29, 1.82) is 0 Å². The van der Waals surface area contributed by atoms with Crippen molar-refractivity contribution in [3.8, 4) is 0 Å². The van der Waals surface area contributed by atoms with Gasteiger partial charge in [-0.3, -0.25) is 4.79 Å². The Bertz CT molecular complexity index is 713. The molecule has 7 heteroatoms. The third-order valence-corrected chi connectivity index (χ3v) is 6.63. The van der Waals surface area contributed by atoms with E-state index in [1.807, 2.05) is 17.6 Å². The molecular weight excluding hydrogens is 302 g/mol. The molecule has 2 aliphatic rings. The van der Waals surface area contributed by atoms with Gasteiger partial charge >= 0.3 is 0 Å². The van der Waals surface area contributed by atoms with Crippen molar-refractivity contribution in [3.05, 3.63) is 34.2 Å². The zero-order chi connectivity index (χ0) is 15.9. The van der Waals surface area contributed by atoms with Gasteiger partial charge in [0.1, 0.15) is 0 Å². The van der Waals surface area contributed by atoms with Gasteiger partial charge in [-0.05, 0) is 24.8 Å². The maximum atomic E-state index is 12.7. The predicted molar refractivity (Wildman–Crippen MR) is 85.0 cm³/mol. The summed E-state index contributed by atoms with van der Waals surface area (Å²) in [5.41, 5.74) is 0.994. The maximum absolute atomic E-state index is 12.7. The van der Waals surface area contributed by atoms with E-state index in [1.165, 1.54) is 4.31 Å².